The highest BCUT2D eigenvalue weighted by molar-refractivity contribution is 5.96. The minimum absolute atomic E-state index is 0.119. The number of carbonyl (C=O) groups excluding carboxylic acids is 1. The quantitative estimate of drug-likeness (QED) is 0.848. The van der Waals surface area contributed by atoms with Gasteiger partial charge in [0.1, 0.15) is 0 Å². The maximum atomic E-state index is 12.4. The summed E-state index contributed by atoms with van der Waals surface area (Å²) in [6, 6.07) is 0.561. The van der Waals surface area contributed by atoms with Crippen LogP contribution in [-0.4, -0.2) is 46.7 Å². The van der Waals surface area contributed by atoms with Crippen LogP contribution in [0.5, 0.6) is 0 Å². The number of aromatic amines is 1. The lowest BCUT2D eigenvalue weighted by atomic mass is 10.0. The highest BCUT2D eigenvalue weighted by Gasteiger charge is 2.26. The largest absolute Gasteiger partial charge is 0.338 e. The number of aryl methyl sites for hydroxylation is 2. The van der Waals surface area contributed by atoms with Gasteiger partial charge in [-0.2, -0.15) is 5.10 Å². The summed E-state index contributed by atoms with van der Waals surface area (Å²) < 4.78 is 0. The summed E-state index contributed by atoms with van der Waals surface area (Å²) in [5.41, 5.74) is 2.41. The van der Waals surface area contributed by atoms with Crippen LogP contribution in [0.15, 0.2) is 0 Å². The Morgan fingerprint density at radius 2 is 2.11 bits per heavy atom. The first-order chi connectivity index (χ1) is 8.63. The van der Waals surface area contributed by atoms with Crippen molar-refractivity contribution < 1.29 is 4.79 Å². The van der Waals surface area contributed by atoms with Gasteiger partial charge in [-0.05, 0) is 33.2 Å². The molecule has 0 saturated carbocycles. The maximum absolute atomic E-state index is 12.4. The summed E-state index contributed by atoms with van der Waals surface area (Å²) in [6.45, 7) is 8.57. The minimum Gasteiger partial charge on any atom is -0.338 e. The van der Waals surface area contributed by atoms with Gasteiger partial charge in [0.2, 0.25) is 0 Å². The number of nitrogens with one attached hydrogen (secondary N) is 2. The average molecular weight is 250 g/mol. The number of hydrogen-bond acceptors (Lipinski definition) is 3. The van der Waals surface area contributed by atoms with Crippen molar-refractivity contribution in [2.45, 2.75) is 39.7 Å². The van der Waals surface area contributed by atoms with E-state index in [1.54, 1.807) is 0 Å². The number of amides is 1. The van der Waals surface area contributed by atoms with Crippen LogP contribution in [0, 0.1) is 13.8 Å². The van der Waals surface area contributed by atoms with E-state index in [0.717, 1.165) is 49.4 Å². The number of carbonyl (C=O) groups is 1. The van der Waals surface area contributed by atoms with Crippen LogP contribution in [-0.2, 0) is 0 Å². The van der Waals surface area contributed by atoms with Crippen LogP contribution in [0.2, 0.25) is 0 Å². The number of rotatable bonds is 3. The highest BCUT2D eigenvalue weighted by Crippen LogP contribution is 2.17. The van der Waals surface area contributed by atoms with Crippen molar-refractivity contribution in [1.82, 2.24) is 20.4 Å². The summed E-state index contributed by atoms with van der Waals surface area (Å²) in [7, 11) is 0. The molecule has 1 aliphatic heterocycles. The first-order valence-electron chi connectivity index (χ1n) is 6.67. The van der Waals surface area contributed by atoms with Crippen LogP contribution >= 0.6 is 0 Å². The molecule has 1 saturated heterocycles. The molecule has 0 radical (unpaired) electrons. The normalized spacial score (nSPS) is 17.2. The summed E-state index contributed by atoms with van der Waals surface area (Å²) in [5.74, 6) is 0.119. The third kappa shape index (κ3) is 2.56. The van der Waals surface area contributed by atoms with Crippen molar-refractivity contribution in [2.75, 3.05) is 19.6 Å². The molecule has 0 bridgehead atoms. The molecule has 5 heteroatoms. The zero-order valence-corrected chi connectivity index (χ0v) is 11.4. The van der Waals surface area contributed by atoms with Crippen LogP contribution in [0.25, 0.3) is 0 Å². The molecule has 2 heterocycles. The van der Waals surface area contributed by atoms with Gasteiger partial charge in [-0.1, -0.05) is 6.92 Å². The molecule has 1 fully saturated rings. The molecule has 1 aromatic heterocycles. The molecule has 100 valence electrons. The van der Waals surface area contributed by atoms with Gasteiger partial charge in [0.25, 0.3) is 5.91 Å². The summed E-state index contributed by atoms with van der Waals surface area (Å²) >= 11 is 0. The lowest BCUT2D eigenvalue weighted by molar-refractivity contribution is 0.0704. The zero-order chi connectivity index (χ0) is 13.1. The predicted octanol–water partition coefficient (Wildman–Crippen LogP) is 1.24. The van der Waals surface area contributed by atoms with Gasteiger partial charge < -0.3 is 10.2 Å². The fourth-order valence-electron chi connectivity index (χ4n) is 2.60. The number of aromatic nitrogens is 2. The molecule has 1 amide bonds. The highest BCUT2D eigenvalue weighted by atomic mass is 16.2. The molecule has 0 aromatic carbocycles. The summed E-state index contributed by atoms with van der Waals surface area (Å²) in [6.07, 6.45) is 2.07. The van der Waals surface area contributed by atoms with E-state index < -0.39 is 0 Å². The zero-order valence-electron chi connectivity index (χ0n) is 11.4. The molecular weight excluding hydrogens is 228 g/mol. The first kappa shape index (κ1) is 13.1. The lowest BCUT2D eigenvalue weighted by Gasteiger charge is -2.32. The number of H-pyrrole nitrogens is 1. The lowest BCUT2D eigenvalue weighted by Crippen LogP contribution is -2.45. The van der Waals surface area contributed by atoms with E-state index in [0.29, 0.717) is 6.04 Å². The van der Waals surface area contributed by atoms with E-state index in [4.69, 9.17) is 0 Å². The van der Waals surface area contributed by atoms with Crippen molar-refractivity contribution >= 4 is 5.91 Å². The Morgan fingerprint density at radius 1 is 1.44 bits per heavy atom. The van der Waals surface area contributed by atoms with Crippen LogP contribution < -0.4 is 5.32 Å². The third-order valence-electron chi connectivity index (χ3n) is 3.62. The molecule has 2 rings (SSSR count). The fraction of sp³-hybridized carbons (Fsp3) is 0.692. The molecule has 2 N–H and O–H groups in total. The Balaban J connectivity index is 2.00. The van der Waals surface area contributed by atoms with Gasteiger partial charge in [0, 0.05) is 24.8 Å². The van der Waals surface area contributed by atoms with Gasteiger partial charge in [0.05, 0.1) is 11.3 Å². The SMILES string of the molecule is CCNC1CCN(C(=O)c2c(C)n[nH]c2C)CC1. The Hall–Kier alpha value is -1.36. The Kier molecular flexibility index (Phi) is 4.01. The second-order valence-electron chi connectivity index (χ2n) is 4.93. The second-order valence-corrected chi connectivity index (χ2v) is 4.93. The van der Waals surface area contributed by atoms with E-state index in [9.17, 15) is 4.79 Å². The van der Waals surface area contributed by atoms with E-state index >= 15 is 0 Å². The van der Waals surface area contributed by atoms with Crippen LogP contribution in [0.1, 0.15) is 41.5 Å². The van der Waals surface area contributed by atoms with Crippen LogP contribution in [0.4, 0.5) is 0 Å². The molecule has 1 aromatic rings. The maximum Gasteiger partial charge on any atom is 0.257 e. The molecule has 1 aliphatic rings. The first-order valence-corrected chi connectivity index (χ1v) is 6.67. The average Bonchev–Trinajstić information content (AvgIpc) is 2.70. The van der Waals surface area contributed by atoms with E-state index in [1.807, 2.05) is 18.7 Å². The topological polar surface area (TPSA) is 61.0 Å². The predicted molar refractivity (Wildman–Crippen MR) is 70.7 cm³/mol. The van der Waals surface area contributed by atoms with Crippen molar-refractivity contribution in [3.63, 3.8) is 0 Å². The number of likely N-dealkylation sites (tertiary alicyclic amines) is 1. The summed E-state index contributed by atoms with van der Waals surface area (Å²) in [4.78, 5) is 14.4. The number of hydrogen-bond donors (Lipinski definition) is 2. The third-order valence-corrected chi connectivity index (χ3v) is 3.62. The van der Waals surface area contributed by atoms with Crippen molar-refractivity contribution in [2.24, 2.45) is 0 Å². The minimum atomic E-state index is 0.119. The van der Waals surface area contributed by atoms with E-state index in [2.05, 4.69) is 22.4 Å². The van der Waals surface area contributed by atoms with Crippen molar-refractivity contribution in [3.05, 3.63) is 17.0 Å². The van der Waals surface area contributed by atoms with Crippen LogP contribution in [0.3, 0.4) is 0 Å². The number of nitrogens with zero attached hydrogens (tertiary/aromatic N) is 2. The standard InChI is InChI=1S/C13H22N4O/c1-4-14-11-5-7-17(8-6-11)13(18)12-9(2)15-16-10(12)3/h11,14H,4-8H2,1-3H3,(H,15,16). The van der Waals surface area contributed by atoms with E-state index in [-0.39, 0.29) is 5.91 Å². The molecular formula is C13H22N4O. The van der Waals surface area contributed by atoms with Gasteiger partial charge in [-0.25, -0.2) is 0 Å². The van der Waals surface area contributed by atoms with Gasteiger partial charge in [-0.3, -0.25) is 9.89 Å². The molecule has 0 spiro atoms. The molecule has 0 unspecified atom stereocenters. The van der Waals surface area contributed by atoms with Gasteiger partial charge in [0.15, 0.2) is 0 Å². The van der Waals surface area contributed by atoms with Gasteiger partial charge in [-0.15, -0.1) is 0 Å². The molecule has 18 heavy (non-hydrogen) atoms. The molecule has 0 atom stereocenters. The Bertz CT molecular complexity index is 399. The van der Waals surface area contributed by atoms with E-state index in [1.165, 1.54) is 0 Å². The number of piperidine rings is 1. The van der Waals surface area contributed by atoms with Crippen molar-refractivity contribution in [1.29, 1.82) is 0 Å². The monoisotopic (exact) mass is 250 g/mol. The van der Waals surface area contributed by atoms with Gasteiger partial charge >= 0.3 is 0 Å². The summed E-state index contributed by atoms with van der Waals surface area (Å²) in [5, 5.41) is 10.4. The Labute approximate surface area is 108 Å². The second kappa shape index (κ2) is 5.52. The molecule has 5 nitrogen and oxygen atoms in total. The fourth-order valence-corrected chi connectivity index (χ4v) is 2.60. The van der Waals surface area contributed by atoms with Crippen molar-refractivity contribution in [3.8, 4) is 0 Å². The smallest absolute Gasteiger partial charge is 0.257 e. The molecule has 0 aliphatic carbocycles. The Morgan fingerprint density at radius 3 is 2.61 bits per heavy atom.